The second-order valence-electron chi connectivity index (χ2n) is 3.86. The number of benzene rings is 1. The molecule has 0 aliphatic carbocycles. The number of nitrogens with two attached hydrogens (primary N) is 1. The largest absolute Gasteiger partial charge is 0.323 e. The molecule has 0 heterocycles. The van der Waals surface area contributed by atoms with E-state index in [0.717, 1.165) is 12.8 Å². The molecule has 0 unspecified atom stereocenters. The van der Waals surface area contributed by atoms with Crippen LogP contribution >= 0.6 is 23.2 Å². The van der Waals surface area contributed by atoms with Crippen molar-refractivity contribution in [1.82, 2.24) is 0 Å². The van der Waals surface area contributed by atoms with Crippen molar-refractivity contribution in [3.8, 4) is 0 Å². The highest BCUT2D eigenvalue weighted by Crippen LogP contribution is 2.25. The molecular weight excluding hydrogens is 259 g/mol. The molecule has 0 aliphatic rings. The summed E-state index contributed by atoms with van der Waals surface area (Å²) in [6.45, 7) is 2.06. The predicted octanol–water partition coefficient (Wildman–Crippen LogP) is 3.45. The Labute approximate surface area is 111 Å². The fraction of sp³-hybridized carbons (Fsp3) is 0.417. The van der Waals surface area contributed by atoms with Gasteiger partial charge in [0, 0.05) is 5.02 Å². The fourth-order valence-corrected chi connectivity index (χ4v) is 1.83. The van der Waals surface area contributed by atoms with Crippen molar-refractivity contribution < 1.29 is 4.79 Å². The number of unbranched alkanes of at least 4 members (excludes halogenated alkanes) is 1. The second-order valence-corrected chi connectivity index (χ2v) is 4.71. The number of carbonyl (C=O) groups excluding carboxylic acids is 1. The maximum Gasteiger partial charge on any atom is 0.241 e. The summed E-state index contributed by atoms with van der Waals surface area (Å²) in [5.74, 6) is -0.220. The first kappa shape index (κ1) is 14.3. The molecule has 1 atom stereocenters. The minimum atomic E-state index is -0.498. The molecule has 1 rings (SSSR count). The smallest absolute Gasteiger partial charge is 0.241 e. The van der Waals surface area contributed by atoms with Crippen molar-refractivity contribution >= 4 is 34.8 Å². The van der Waals surface area contributed by atoms with E-state index in [1.165, 1.54) is 0 Å². The van der Waals surface area contributed by atoms with Crippen LogP contribution in [-0.4, -0.2) is 11.9 Å². The number of amides is 1. The van der Waals surface area contributed by atoms with Crippen molar-refractivity contribution in [2.75, 3.05) is 5.32 Å². The summed E-state index contributed by atoms with van der Waals surface area (Å²) in [6, 6.07) is 4.41. The van der Waals surface area contributed by atoms with Crippen LogP contribution in [0.2, 0.25) is 10.0 Å². The third kappa shape index (κ3) is 4.54. The van der Waals surface area contributed by atoms with Gasteiger partial charge in [-0.05, 0) is 24.6 Å². The zero-order chi connectivity index (χ0) is 12.8. The number of anilines is 1. The summed E-state index contributed by atoms with van der Waals surface area (Å²) in [5, 5.41) is 3.63. The Hall–Kier alpha value is -0.770. The molecular formula is C12H16Cl2N2O. The fourth-order valence-electron chi connectivity index (χ4n) is 1.37. The molecule has 0 fully saturated rings. The standard InChI is InChI=1S/C12H16Cl2N2O/c1-2-3-4-10(15)12(17)16-11-6-5-8(13)7-9(11)14/h5-7,10H,2-4,15H2,1H3,(H,16,17)/t10-/m0/s1. The summed E-state index contributed by atoms with van der Waals surface area (Å²) in [5.41, 5.74) is 6.29. The molecule has 94 valence electrons. The summed E-state index contributed by atoms with van der Waals surface area (Å²) in [4.78, 5) is 11.7. The van der Waals surface area contributed by atoms with Crippen LogP contribution in [0.5, 0.6) is 0 Å². The molecule has 3 N–H and O–H groups in total. The van der Waals surface area contributed by atoms with Gasteiger partial charge >= 0.3 is 0 Å². The van der Waals surface area contributed by atoms with Crippen molar-refractivity contribution in [2.45, 2.75) is 32.2 Å². The van der Waals surface area contributed by atoms with Crippen molar-refractivity contribution in [1.29, 1.82) is 0 Å². The van der Waals surface area contributed by atoms with E-state index in [-0.39, 0.29) is 5.91 Å². The van der Waals surface area contributed by atoms with Gasteiger partial charge in [-0.15, -0.1) is 0 Å². The first-order chi connectivity index (χ1) is 8.04. The molecule has 0 aromatic heterocycles. The Balaban J connectivity index is 2.61. The minimum absolute atomic E-state index is 0.220. The molecule has 1 aromatic carbocycles. The van der Waals surface area contributed by atoms with E-state index >= 15 is 0 Å². The number of nitrogens with one attached hydrogen (secondary N) is 1. The van der Waals surface area contributed by atoms with E-state index in [2.05, 4.69) is 12.2 Å². The average Bonchev–Trinajstić information content (AvgIpc) is 2.29. The van der Waals surface area contributed by atoms with E-state index in [0.29, 0.717) is 22.2 Å². The molecule has 0 saturated carbocycles. The maximum atomic E-state index is 11.7. The first-order valence-corrected chi connectivity index (χ1v) is 6.31. The van der Waals surface area contributed by atoms with Crippen LogP contribution < -0.4 is 11.1 Å². The van der Waals surface area contributed by atoms with Gasteiger partial charge < -0.3 is 11.1 Å². The lowest BCUT2D eigenvalue weighted by Crippen LogP contribution is -2.35. The van der Waals surface area contributed by atoms with Crippen molar-refractivity contribution in [3.63, 3.8) is 0 Å². The highest BCUT2D eigenvalue weighted by molar-refractivity contribution is 6.36. The Kier molecular flexibility index (Phi) is 5.75. The maximum absolute atomic E-state index is 11.7. The van der Waals surface area contributed by atoms with Gasteiger partial charge in [0.2, 0.25) is 5.91 Å². The monoisotopic (exact) mass is 274 g/mol. The van der Waals surface area contributed by atoms with Gasteiger partial charge in [-0.25, -0.2) is 0 Å². The van der Waals surface area contributed by atoms with Gasteiger partial charge in [0.25, 0.3) is 0 Å². The molecule has 0 saturated heterocycles. The summed E-state index contributed by atoms with van der Waals surface area (Å²) >= 11 is 11.7. The van der Waals surface area contributed by atoms with E-state index in [1.54, 1.807) is 18.2 Å². The van der Waals surface area contributed by atoms with Gasteiger partial charge in [0.15, 0.2) is 0 Å². The molecule has 1 aromatic rings. The molecule has 17 heavy (non-hydrogen) atoms. The van der Waals surface area contributed by atoms with Crippen LogP contribution in [0.3, 0.4) is 0 Å². The zero-order valence-electron chi connectivity index (χ0n) is 9.67. The number of hydrogen-bond donors (Lipinski definition) is 2. The van der Waals surface area contributed by atoms with E-state index in [4.69, 9.17) is 28.9 Å². The van der Waals surface area contributed by atoms with Gasteiger partial charge in [-0.2, -0.15) is 0 Å². The van der Waals surface area contributed by atoms with Gasteiger partial charge in [-0.1, -0.05) is 43.0 Å². The van der Waals surface area contributed by atoms with Crippen LogP contribution in [0.1, 0.15) is 26.2 Å². The molecule has 0 radical (unpaired) electrons. The molecule has 1 amide bonds. The molecule has 0 aliphatic heterocycles. The second kappa shape index (κ2) is 6.84. The topological polar surface area (TPSA) is 55.1 Å². The third-order valence-electron chi connectivity index (χ3n) is 2.39. The van der Waals surface area contributed by atoms with E-state index in [1.807, 2.05) is 0 Å². The predicted molar refractivity (Wildman–Crippen MR) is 72.6 cm³/mol. The first-order valence-electron chi connectivity index (χ1n) is 5.56. The minimum Gasteiger partial charge on any atom is -0.323 e. The van der Waals surface area contributed by atoms with E-state index in [9.17, 15) is 4.79 Å². The normalized spacial score (nSPS) is 12.2. The number of hydrogen-bond acceptors (Lipinski definition) is 2. The summed E-state index contributed by atoms with van der Waals surface area (Å²) in [7, 11) is 0. The number of rotatable bonds is 5. The molecule has 5 heteroatoms. The summed E-state index contributed by atoms with van der Waals surface area (Å²) < 4.78 is 0. The zero-order valence-corrected chi connectivity index (χ0v) is 11.2. The molecule has 3 nitrogen and oxygen atoms in total. The van der Waals surface area contributed by atoms with Crippen molar-refractivity contribution in [2.24, 2.45) is 5.73 Å². The van der Waals surface area contributed by atoms with Crippen molar-refractivity contribution in [3.05, 3.63) is 28.2 Å². The Bertz CT molecular complexity index is 396. The highest BCUT2D eigenvalue weighted by Gasteiger charge is 2.14. The Morgan fingerprint density at radius 3 is 2.76 bits per heavy atom. The van der Waals surface area contributed by atoms with Gasteiger partial charge in [0.05, 0.1) is 16.8 Å². The van der Waals surface area contributed by atoms with Gasteiger partial charge in [0.1, 0.15) is 0 Å². The Morgan fingerprint density at radius 2 is 2.18 bits per heavy atom. The lowest BCUT2D eigenvalue weighted by molar-refractivity contribution is -0.117. The lowest BCUT2D eigenvalue weighted by Gasteiger charge is -2.12. The third-order valence-corrected chi connectivity index (χ3v) is 2.94. The van der Waals surface area contributed by atoms with Crippen LogP contribution in [0.25, 0.3) is 0 Å². The number of halogens is 2. The van der Waals surface area contributed by atoms with Crippen LogP contribution in [0.15, 0.2) is 18.2 Å². The summed E-state index contributed by atoms with van der Waals surface area (Å²) in [6.07, 6.45) is 2.62. The Morgan fingerprint density at radius 1 is 1.47 bits per heavy atom. The number of carbonyl (C=O) groups is 1. The van der Waals surface area contributed by atoms with Gasteiger partial charge in [-0.3, -0.25) is 4.79 Å². The van der Waals surface area contributed by atoms with Crippen LogP contribution in [0, 0.1) is 0 Å². The molecule has 0 bridgehead atoms. The lowest BCUT2D eigenvalue weighted by atomic mass is 10.1. The molecule has 0 spiro atoms. The highest BCUT2D eigenvalue weighted by atomic mass is 35.5. The quantitative estimate of drug-likeness (QED) is 0.864. The van der Waals surface area contributed by atoms with E-state index < -0.39 is 6.04 Å². The average molecular weight is 275 g/mol. The van der Waals surface area contributed by atoms with Crippen LogP contribution in [-0.2, 0) is 4.79 Å². The van der Waals surface area contributed by atoms with Crippen LogP contribution in [0.4, 0.5) is 5.69 Å². The SMILES string of the molecule is CCCC[C@H](N)C(=O)Nc1ccc(Cl)cc1Cl.